The van der Waals surface area contributed by atoms with Crippen molar-refractivity contribution < 1.29 is 9.59 Å². The zero-order valence-corrected chi connectivity index (χ0v) is 12.2. The largest absolute Gasteiger partial charge is 0.352 e. The summed E-state index contributed by atoms with van der Waals surface area (Å²) in [5, 5.41) is 8.61. The zero-order chi connectivity index (χ0) is 15.2. The van der Waals surface area contributed by atoms with E-state index in [4.69, 9.17) is 5.73 Å². The lowest BCUT2D eigenvalue weighted by atomic mass is 10.1. The van der Waals surface area contributed by atoms with E-state index in [9.17, 15) is 9.59 Å². The maximum absolute atomic E-state index is 12.1. The van der Waals surface area contributed by atoms with E-state index in [-0.39, 0.29) is 5.91 Å². The monoisotopic (exact) mass is 290 g/mol. The second-order valence-corrected chi connectivity index (χ2v) is 5.27. The van der Waals surface area contributed by atoms with Gasteiger partial charge in [0.1, 0.15) is 6.04 Å². The van der Waals surface area contributed by atoms with Crippen LogP contribution in [0.4, 0.5) is 4.79 Å². The molecular weight excluding hydrogens is 268 g/mol. The maximum atomic E-state index is 12.1. The van der Waals surface area contributed by atoms with E-state index in [0.717, 1.165) is 25.1 Å². The minimum absolute atomic E-state index is 0.200. The molecule has 6 heteroatoms. The Balaban J connectivity index is 1.91. The molecule has 0 radical (unpaired) electrons. The summed E-state index contributed by atoms with van der Waals surface area (Å²) in [5.41, 5.74) is 8.74. The van der Waals surface area contributed by atoms with Gasteiger partial charge in [-0.1, -0.05) is 31.5 Å². The first-order valence-electron chi connectivity index (χ1n) is 7.25. The van der Waals surface area contributed by atoms with Gasteiger partial charge in [0.2, 0.25) is 5.91 Å². The topological polar surface area (TPSA) is 96.2 Å². The number of nitrogens with one attached hydrogen (secondary N) is 3. The van der Waals surface area contributed by atoms with Crippen molar-refractivity contribution in [2.45, 2.75) is 45.4 Å². The summed E-state index contributed by atoms with van der Waals surface area (Å²) >= 11 is 0. The Labute approximate surface area is 124 Å². The predicted octanol–water partition coefficient (Wildman–Crippen LogP) is 0.743. The first kappa shape index (κ1) is 15.3. The van der Waals surface area contributed by atoms with E-state index >= 15 is 0 Å². The van der Waals surface area contributed by atoms with Crippen molar-refractivity contribution in [3.63, 3.8) is 0 Å². The van der Waals surface area contributed by atoms with Crippen LogP contribution in [0, 0.1) is 0 Å². The highest BCUT2D eigenvalue weighted by atomic mass is 16.2. The van der Waals surface area contributed by atoms with Gasteiger partial charge < -0.3 is 21.7 Å². The molecule has 21 heavy (non-hydrogen) atoms. The lowest BCUT2D eigenvalue weighted by Crippen LogP contribution is -2.48. The Morgan fingerprint density at radius 3 is 2.81 bits per heavy atom. The van der Waals surface area contributed by atoms with Crippen LogP contribution >= 0.6 is 0 Å². The van der Waals surface area contributed by atoms with E-state index in [1.807, 2.05) is 13.0 Å². The summed E-state index contributed by atoms with van der Waals surface area (Å²) < 4.78 is 0. The third kappa shape index (κ3) is 4.19. The van der Waals surface area contributed by atoms with Crippen LogP contribution in [0.3, 0.4) is 0 Å². The normalized spacial score (nSPS) is 14.3. The van der Waals surface area contributed by atoms with Gasteiger partial charge in [-0.25, -0.2) is 4.79 Å². The van der Waals surface area contributed by atoms with Crippen LogP contribution in [0.1, 0.15) is 36.5 Å². The van der Waals surface area contributed by atoms with E-state index in [1.165, 1.54) is 11.1 Å². The van der Waals surface area contributed by atoms with Crippen molar-refractivity contribution in [3.05, 3.63) is 34.9 Å². The minimum atomic E-state index is -0.674. The van der Waals surface area contributed by atoms with Gasteiger partial charge in [-0.15, -0.1) is 0 Å². The van der Waals surface area contributed by atoms with Gasteiger partial charge in [0.25, 0.3) is 0 Å². The van der Waals surface area contributed by atoms with Gasteiger partial charge in [0.05, 0.1) is 0 Å². The molecule has 0 bridgehead atoms. The maximum Gasteiger partial charge on any atom is 0.312 e. The number of rotatable bonds is 6. The first-order valence-corrected chi connectivity index (χ1v) is 7.25. The lowest BCUT2D eigenvalue weighted by Gasteiger charge is -2.16. The molecule has 0 aliphatic carbocycles. The quantitative estimate of drug-likeness (QED) is 0.622. The Morgan fingerprint density at radius 2 is 2.10 bits per heavy atom. The number of amides is 3. The number of hydrogen-bond donors (Lipinski definition) is 4. The van der Waals surface area contributed by atoms with Crippen molar-refractivity contribution >= 4 is 11.9 Å². The molecule has 1 aromatic carbocycles. The molecule has 1 heterocycles. The number of benzene rings is 1. The van der Waals surface area contributed by atoms with Crippen LogP contribution in [0.2, 0.25) is 0 Å². The molecule has 5 N–H and O–H groups in total. The molecule has 0 saturated carbocycles. The van der Waals surface area contributed by atoms with Crippen LogP contribution in [0.15, 0.2) is 18.2 Å². The van der Waals surface area contributed by atoms with E-state index < -0.39 is 12.1 Å². The van der Waals surface area contributed by atoms with Crippen molar-refractivity contribution in [1.82, 2.24) is 16.0 Å². The second kappa shape index (κ2) is 7.08. The Bertz CT molecular complexity index is 530. The molecule has 114 valence electrons. The Kier molecular flexibility index (Phi) is 5.16. The van der Waals surface area contributed by atoms with Gasteiger partial charge in [-0.3, -0.25) is 4.79 Å². The van der Waals surface area contributed by atoms with E-state index in [0.29, 0.717) is 13.0 Å². The number of nitrogens with two attached hydrogens (primary N) is 1. The Morgan fingerprint density at radius 1 is 1.33 bits per heavy atom. The standard InChI is InChI=1S/C15H22N4O2/c1-2-3-13(19-15(16)21)14(20)18-7-10-4-5-11-8-17-9-12(11)6-10/h4-6,13,17H,2-3,7-9H2,1H3,(H,18,20)(H3,16,19,21)/t13-/m1/s1. The molecule has 1 aliphatic heterocycles. The SMILES string of the molecule is CCC[C@@H](NC(N)=O)C(=O)NCc1ccc2c(c1)CNC2. The van der Waals surface area contributed by atoms with Crippen molar-refractivity contribution in [2.75, 3.05) is 0 Å². The van der Waals surface area contributed by atoms with Gasteiger partial charge in [-0.05, 0) is 23.1 Å². The summed E-state index contributed by atoms with van der Waals surface area (Å²) in [6.45, 7) is 4.19. The fourth-order valence-electron chi connectivity index (χ4n) is 2.50. The van der Waals surface area contributed by atoms with E-state index in [2.05, 4.69) is 28.1 Å². The summed E-state index contributed by atoms with van der Waals surface area (Å²) in [7, 11) is 0. The average Bonchev–Trinajstić information content (AvgIpc) is 2.91. The van der Waals surface area contributed by atoms with Crippen LogP contribution in [-0.2, 0) is 24.4 Å². The lowest BCUT2D eigenvalue weighted by molar-refractivity contribution is -0.123. The number of carbonyl (C=O) groups is 2. The van der Waals surface area contributed by atoms with Crippen molar-refractivity contribution in [3.8, 4) is 0 Å². The second-order valence-electron chi connectivity index (χ2n) is 5.27. The van der Waals surface area contributed by atoms with E-state index in [1.54, 1.807) is 0 Å². The molecule has 1 aliphatic rings. The molecule has 0 aromatic heterocycles. The van der Waals surface area contributed by atoms with Crippen LogP contribution in [-0.4, -0.2) is 18.0 Å². The summed E-state index contributed by atoms with van der Waals surface area (Å²) in [5.74, 6) is -0.200. The molecule has 2 rings (SSSR count). The number of urea groups is 1. The molecular formula is C15H22N4O2. The molecule has 1 atom stereocenters. The number of fused-ring (bicyclic) bond motifs is 1. The van der Waals surface area contributed by atoms with Crippen molar-refractivity contribution in [1.29, 1.82) is 0 Å². The summed E-state index contributed by atoms with van der Waals surface area (Å²) in [4.78, 5) is 23.0. The van der Waals surface area contributed by atoms with Crippen LogP contribution < -0.4 is 21.7 Å². The highest BCUT2D eigenvalue weighted by Gasteiger charge is 2.18. The molecule has 0 saturated heterocycles. The smallest absolute Gasteiger partial charge is 0.312 e. The minimum Gasteiger partial charge on any atom is -0.352 e. The van der Waals surface area contributed by atoms with Crippen LogP contribution in [0.25, 0.3) is 0 Å². The van der Waals surface area contributed by atoms with Gasteiger partial charge in [0.15, 0.2) is 0 Å². The third-order valence-electron chi connectivity index (χ3n) is 3.58. The molecule has 1 aromatic rings. The molecule has 0 fully saturated rings. The van der Waals surface area contributed by atoms with Crippen molar-refractivity contribution in [2.24, 2.45) is 5.73 Å². The number of hydrogen-bond acceptors (Lipinski definition) is 3. The number of carbonyl (C=O) groups excluding carboxylic acids is 2. The molecule has 6 nitrogen and oxygen atoms in total. The van der Waals surface area contributed by atoms with Gasteiger partial charge in [-0.2, -0.15) is 0 Å². The fraction of sp³-hybridized carbons (Fsp3) is 0.467. The molecule has 0 unspecified atom stereocenters. The van der Waals surface area contributed by atoms with Gasteiger partial charge in [0, 0.05) is 19.6 Å². The van der Waals surface area contributed by atoms with Crippen LogP contribution in [0.5, 0.6) is 0 Å². The van der Waals surface area contributed by atoms with Gasteiger partial charge >= 0.3 is 6.03 Å². The molecule has 0 spiro atoms. The summed E-state index contributed by atoms with van der Waals surface area (Å²) in [6, 6.07) is 4.96. The number of primary amides is 1. The molecule has 3 amide bonds. The average molecular weight is 290 g/mol. The summed E-state index contributed by atoms with van der Waals surface area (Å²) in [6.07, 6.45) is 1.37. The third-order valence-corrected chi connectivity index (χ3v) is 3.58. The predicted molar refractivity (Wildman–Crippen MR) is 80.2 cm³/mol. The Hall–Kier alpha value is -2.08. The fourth-order valence-corrected chi connectivity index (χ4v) is 2.50. The highest BCUT2D eigenvalue weighted by Crippen LogP contribution is 2.16. The zero-order valence-electron chi connectivity index (χ0n) is 12.2. The first-order chi connectivity index (χ1) is 10.1. The highest BCUT2D eigenvalue weighted by molar-refractivity contribution is 5.86.